The zero-order valence-electron chi connectivity index (χ0n) is 7.95. The van der Waals surface area contributed by atoms with Crippen LogP contribution in [0.5, 0.6) is 5.75 Å². The van der Waals surface area contributed by atoms with Gasteiger partial charge >= 0.3 is 5.97 Å². The summed E-state index contributed by atoms with van der Waals surface area (Å²) < 4.78 is 4.94. The highest BCUT2D eigenvalue weighted by Gasteiger charge is 2.15. The van der Waals surface area contributed by atoms with E-state index in [-0.39, 0.29) is 22.4 Å². The van der Waals surface area contributed by atoms with Crippen molar-refractivity contribution < 1.29 is 14.6 Å². The third-order valence-electron chi connectivity index (χ3n) is 1.54. The van der Waals surface area contributed by atoms with Crippen LogP contribution in [0.2, 0.25) is 5.02 Å². The molecule has 1 rings (SSSR count). The molecule has 3 nitrogen and oxygen atoms in total. The van der Waals surface area contributed by atoms with E-state index >= 15 is 0 Å². The van der Waals surface area contributed by atoms with E-state index in [0.717, 1.165) is 0 Å². The van der Waals surface area contributed by atoms with E-state index in [2.05, 4.69) is 0 Å². The zero-order chi connectivity index (χ0) is 10.7. The first-order chi connectivity index (χ1) is 6.52. The molecule has 0 aliphatic carbocycles. The Bertz CT molecular complexity index is 347. The van der Waals surface area contributed by atoms with Gasteiger partial charge in [-0.15, -0.1) is 0 Å². The highest BCUT2D eigenvalue weighted by atomic mass is 35.5. The number of phenols is 1. The number of ether oxygens (including phenoxy) is 1. The number of carbonyl (C=O) groups excluding carboxylic acids is 1. The van der Waals surface area contributed by atoms with E-state index in [0.29, 0.717) is 0 Å². The van der Waals surface area contributed by atoms with Crippen LogP contribution in [-0.2, 0) is 4.74 Å². The summed E-state index contributed by atoms with van der Waals surface area (Å²) in [5.41, 5.74) is 0.181. The SMILES string of the molecule is CC(C)OC(=O)c1cccc(O)c1Cl. The molecule has 0 aromatic heterocycles. The molecule has 0 saturated carbocycles. The van der Waals surface area contributed by atoms with Crippen LogP contribution in [-0.4, -0.2) is 17.2 Å². The fourth-order valence-corrected chi connectivity index (χ4v) is 1.16. The van der Waals surface area contributed by atoms with Gasteiger partial charge in [0.05, 0.1) is 16.7 Å². The maximum atomic E-state index is 11.4. The van der Waals surface area contributed by atoms with Crippen molar-refractivity contribution in [1.29, 1.82) is 0 Å². The third-order valence-corrected chi connectivity index (χ3v) is 1.94. The zero-order valence-corrected chi connectivity index (χ0v) is 8.71. The van der Waals surface area contributed by atoms with Crippen LogP contribution in [0.4, 0.5) is 0 Å². The van der Waals surface area contributed by atoms with Crippen LogP contribution in [0.3, 0.4) is 0 Å². The number of hydrogen-bond donors (Lipinski definition) is 1. The van der Waals surface area contributed by atoms with Gasteiger partial charge in [-0.2, -0.15) is 0 Å². The number of benzene rings is 1. The summed E-state index contributed by atoms with van der Waals surface area (Å²) in [6.45, 7) is 3.49. The Morgan fingerprint density at radius 2 is 2.14 bits per heavy atom. The quantitative estimate of drug-likeness (QED) is 0.770. The highest BCUT2D eigenvalue weighted by molar-refractivity contribution is 6.34. The van der Waals surface area contributed by atoms with Gasteiger partial charge in [0.15, 0.2) is 0 Å². The predicted molar refractivity (Wildman–Crippen MR) is 53.7 cm³/mol. The van der Waals surface area contributed by atoms with Crippen LogP contribution in [0.15, 0.2) is 18.2 Å². The summed E-state index contributed by atoms with van der Waals surface area (Å²) >= 11 is 5.72. The number of esters is 1. The third kappa shape index (κ3) is 2.39. The van der Waals surface area contributed by atoms with E-state index in [1.54, 1.807) is 13.8 Å². The molecule has 0 spiro atoms. The van der Waals surface area contributed by atoms with Crippen molar-refractivity contribution >= 4 is 17.6 Å². The van der Waals surface area contributed by atoms with Gasteiger partial charge in [0, 0.05) is 0 Å². The van der Waals surface area contributed by atoms with Gasteiger partial charge in [-0.1, -0.05) is 17.7 Å². The van der Waals surface area contributed by atoms with E-state index in [4.69, 9.17) is 16.3 Å². The number of aromatic hydroxyl groups is 1. The standard InChI is InChI=1S/C10H11ClO3/c1-6(2)14-10(13)7-4-3-5-8(12)9(7)11/h3-6,12H,1-2H3. The first kappa shape index (κ1) is 10.9. The second-order valence-electron chi connectivity index (χ2n) is 3.09. The van der Waals surface area contributed by atoms with Crippen LogP contribution >= 0.6 is 11.6 Å². The number of carbonyl (C=O) groups is 1. The second-order valence-corrected chi connectivity index (χ2v) is 3.47. The van der Waals surface area contributed by atoms with Crippen molar-refractivity contribution in [1.82, 2.24) is 0 Å². The molecule has 1 aromatic carbocycles. The molecular formula is C10H11ClO3. The molecule has 0 aliphatic rings. The second kappa shape index (κ2) is 4.33. The first-order valence-electron chi connectivity index (χ1n) is 4.21. The molecular weight excluding hydrogens is 204 g/mol. The molecule has 0 heterocycles. The molecule has 0 saturated heterocycles. The minimum Gasteiger partial charge on any atom is -0.506 e. The minimum absolute atomic E-state index is 0.0261. The van der Waals surface area contributed by atoms with Crippen LogP contribution in [0, 0.1) is 0 Å². The fourth-order valence-electron chi connectivity index (χ4n) is 0.955. The Labute approximate surface area is 87.3 Å². The molecule has 0 amide bonds. The van der Waals surface area contributed by atoms with Crippen LogP contribution in [0.1, 0.15) is 24.2 Å². The van der Waals surface area contributed by atoms with Crippen molar-refractivity contribution in [3.8, 4) is 5.75 Å². The number of halogens is 1. The molecule has 1 aromatic rings. The molecule has 76 valence electrons. The number of rotatable bonds is 2. The summed E-state index contributed by atoms with van der Waals surface area (Å²) in [6, 6.07) is 4.46. The van der Waals surface area contributed by atoms with Gasteiger partial charge in [-0.25, -0.2) is 4.79 Å². The molecule has 0 radical (unpaired) electrons. The topological polar surface area (TPSA) is 46.5 Å². The summed E-state index contributed by atoms with van der Waals surface area (Å²) in [5, 5.41) is 9.27. The van der Waals surface area contributed by atoms with Gasteiger partial charge in [0.2, 0.25) is 0 Å². The number of hydrogen-bond acceptors (Lipinski definition) is 3. The van der Waals surface area contributed by atoms with Gasteiger partial charge < -0.3 is 9.84 Å². The Morgan fingerprint density at radius 3 is 2.71 bits per heavy atom. The van der Waals surface area contributed by atoms with Crippen LogP contribution in [0.25, 0.3) is 0 Å². The van der Waals surface area contributed by atoms with Gasteiger partial charge in [0.1, 0.15) is 5.75 Å². The molecule has 4 heteroatoms. The summed E-state index contributed by atoms with van der Waals surface area (Å²) in [6.07, 6.45) is -0.207. The van der Waals surface area contributed by atoms with Crippen LogP contribution < -0.4 is 0 Å². The van der Waals surface area contributed by atoms with E-state index in [1.807, 2.05) is 0 Å². The smallest absolute Gasteiger partial charge is 0.340 e. The Morgan fingerprint density at radius 1 is 1.50 bits per heavy atom. The highest BCUT2D eigenvalue weighted by Crippen LogP contribution is 2.27. The Balaban J connectivity index is 2.96. The molecule has 0 fully saturated rings. The van der Waals surface area contributed by atoms with Crippen molar-refractivity contribution in [3.63, 3.8) is 0 Å². The Hall–Kier alpha value is -1.22. The van der Waals surface area contributed by atoms with Crippen molar-refractivity contribution in [2.45, 2.75) is 20.0 Å². The molecule has 14 heavy (non-hydrogen) atoms. The Kier molecular flexibility index (Phi) is 3.36. The van der Waals surface area contributed by atoms with E-state index < -0.39 is 5.97 Å². The lowest BCUT2D eigenvalue weighted by atomic mass is 10.2. The molecule has 0 atom stereocenters. The number of phenolic OH excluding ortho intramolecular Hbond substituents is 1. The minimum atomic E-state index is -0.527. The van der Waals surface area contributed by atoms with Gasteiger partial charge in [0.25, 0.3) is 0 Å². The summed E-state index contributed by atoms with van der Waals surface area (Å²) in [4.78, 5) is 11.4. The molecule has 0 unspecified atom stereocenters. The summed E-state index contributed by atoms with van der Waals surface area (Å²) in [5.74, 6) is -0.647. The first-order valence-corrected chi connectivity index (χ1v) is 4.58. The largest absolute Gasteiger partial charge is 0.506 e. The fraction of sp³-hybridized carbons (Fsp3) is 0.300. The lowest BCUT2D eigenvalue weighted by molar-refractivity contribution is 0.0377. The van der Waals surface area contributed by atoms with E-state index in [1.165, 1.54) is 18.2 Å². The van der Waals surface area contributed by atoms with Crippen molar-refractivity contribution in [2.24, 2.45) is 0 Å². The summed E-state index contributed by atoms with van der Waals surface area (Å²) in [7, 11) is 0. The lowest BCUT2D eigenvalue weighted by Crippen LogP contribution is -2.11. The monoisotopic (exact) mass is 214 g/mol. The molecule has 1 N–H and O–H groups in total. The molecule has 0 aliphatic heterocycles. The average molecular weight is 215 g/mol. The van der Waals surface area contributed by atoms with Gasteiger partial charge in [-0.05, 0) is 26.0 Å². The maximum Gasteiger partial charge on any atom is 0.340 e. The predicted octanol–water partition coefficient (Wildman–Crippen LogP) is 2.61. The van der Waals surface area contributed by atoms with Gasteiger partial charge in [-0.3, -0.25) is 0 Å². The van der Waals surface area contributed by atoms with Crippen molar-refractivity contribution in [3.05, 3.63) is 28.8 Å². The molecule has 0 bridgehead atoms. The average Bonchev–Trinajstić information content (AvgIpc) is 2.08. The van der Waals surface area contributed by atoms with E-state index in [9.17, 15) is 9.90 Å². The normalized spacial score (nSPS) is 10.3. The maximum absolute atomic E-state index is 11.4. The lowest BCUT2D eigenvalue weighted by Gasteiger charge is -2.09. The van der Waals surface area contributed by atoms with Crippen molar-refractivity contribution in [2.75, 3.05) is 0 Å².